The average molecular weight is 469 g/mol. The van der Waals surface area contributed by atoms with Crippen molar-refractivity contribution >= 4 is 27.3 Å². The molecule has 0 saturated carbocycles. The summed E-state index contributed by atoms with van der Waals surface area (Å²) in [5, 5.41) is 25.4. The molecule has 3 aromatic rings. The van der Waals surface area contributed by atoms with Gasteiger partial charge in [0.25, 0.3) is 5.69 Å². The topological polar surface area (TPSA) is 75.4 Å². The first-order chi connectivity index (χ1) is 14.3. The molecule has 6 heteroatoms. The summed E-state index contributed by atoms with van der Waals surface area (Å²) in [7, 11) is 0. The second-order valence-corrected chi connectivity index (χ2v) is 8.54. The van der Waals surface area contributed by atoms with E-state index in [4.69, 9.17) is 0 Å². The SMILES string of the molecule is CC(C)c1ccc(C(CC(O)c2ccc(Br)cc2)Nc2cccc([N+](=O)[O-])c2)cc1. The molecule has 30 heavy (non-hydrogen) atoms. The summed E-state index contributed by atoms with van der Waals surface area (Å²) in [4.78, 5) is 10.7. The summed E-state index contributed by atoms with van der Waals surface area (Å²) >= 11 is 3.41. The van der Waals surface area contributed by atoms with Crippen molar-refractivity contribution in [1.82, 2.24) is 0 Å². The molecule has 0 bridgehead atoms. The second-order valence-electron chi connectivity index (χ2n) is 7.63. The highest BCUT2D eigenvalue weighted by Crippen LogP contribution is 2.32. The molecule has 0 amide bonds. The van der Waals surface area contributed by atoms with Gasteiger partial charge in [-0.1, -0.05) is 72.2 Å². The Hall–Kier alpha value is -2.70. The van der Waals surface area contributed by atoms with Crippen LogP contribution in [0.3, 0.4) is 0 Å². The molecule has 5 nitrogen and oxygen atoms in total. The summed E-state index contributed by atoms with van der Waals surface area (Å²) in [6.45, 7) is 4.29. The lowest BCUT2D eigenvalue weighted by Gasteiger charge is -2.24. The molecule has 0 fully saturated rings. The zero-order valence-electron chi connectivity index (χ0n) is 17.0. The zero-order valence-corrected chi connectivity index (χ0v) is 18.5. The molecule has 3 aromatic carbocycles. The Morgan fingerprint density at radius 1 is 0.967 bits per heavy atom. The zero-order chi connectivity index (χ0) is 21.7. The lowest BCUT2D eigenvalue weighted by atomic mass is 9.94. The predicted molar refractivity (Wildman–Crippen MR) is 124 cm³/mol. The Bertz CT molecular complexity index is 988. The second kappa shape index (κ2) is 9.87. The maximum absolute atomic E-state index is 11.1. The van der Waals surface area contributed by atoms with Crippen molar-refractivity contribution in [3.05, 3.63) is 104 Å². The van der Waals surface area contributed by atoms with Crippen LogP contribution in [0.1, 0.15) is 55.0 Å². The van der Waals surface area contributed by atoms with Gasteiger partial charge >= 0.3 is 0 Å². The number of aliphatic hydroxyl groups is 1. The minimum Gasteiger partial charge on any atom is -0.388 e. The highest BCUT2D eigenvalue weighted by molar-refractivity contribution is 9.10. The largest absolute Gasteiger partial charge is 0.388 e. The lowest BCUT2D eigenvalue weighted by Crippen LogP contribution is -2.15. The van der Waals surface area contributed by atoms with Crippen LogP contribution in [-0.2, 0) is 0 Å². The quantitative estimate of drug-likeness (QED) is 0.282. The third kappa shape index (κ3) is 5.68. The van der Waals surface area contributed by atoms with E-state index >= 15 is 0 Å². The van der Waals surface area contributed by atoms with Gasteiger partial charge in [0.2, 0.25) is 0 Å². The van der Waals surface area contributed by atoms with Crippen molar-refractivity contribution < 1.29 is 10.0 Å². The Kier molecular flexibility index (Phi) is 7.24. The molecule has 2 unspecified atom stereocenters. The minimum absolute atomic E-state index is 0.0300. The molecular formula is C24H25BrN2O3. The molecule has 2 atom stereocenters. The van der Waals surface area contributed by atoms with Crippen LogP contribution in [0.25, 0.3) is 0 Å². The molecule has 156 valence electrons. The van der Waals surface area contributed by atoms with E-state index in [1.807, 2.05) is 24.3 Å². The maximum Gasteiger partial charge on any atom is 0.271 e. The van der Waals surface area contributed by atoms with Crippen LogP contribution in [0.5, 0.6) is 0 Å². The summed E-state index contributed by atoms with van der Waals surface area (Å²) in [6.07, 6.45) is -0.259. The lowest BCUT2D eigenvalue weighted by molar-refractivity contribution is -0.384. The minimum atomic E-state index is -0.681. The van der Waals surface area contributed by atoms with Crippen LogP contribution in [0.2, 0.25) is 0 Å². The van der Waals surface area contributed by atoms with Crippen LogP contribution in [0.4, 0.5) is 11.4 Å². The van der Waals surface area contributed by atoms with Crippen LogP contribution in [-0.4, -0.2) is 10.0 Å². The molecule has 2 N–H and O–H groups in total. The summed E-state index contributed by atoms with van der Waals surface area (Å²) in [6, 6.07) is 22.1. The van der Waals surface area contributed by atoms with Crippen molar-refractivity contribution in [2.45, 2.75) is 38.3 Å². The van der Waals surface area contributed by atoms with E-state index in [1.165, 1.54) is 17.7 Å². The third-order valence-corrected chi connectivity index (χ3v) is 5.65. The van der Waals surface area contributed by atoms with Crippen molar-refractivity contribution in [3.8, 4) is 0 Å². The highest BCUT2D eigenvalue weighted by Gasteiger charge is 2.19. The average Bonchev–Trinajstić information content (AvgIpc) is 2.74. The number of anilines is 1. The van der Waals surface area contributed by atoms with E-state index in [-0.39, 0.29) is 11.7 Å². The van der Waals surface area contributed by atoms with Gasteiger partial charge in [0, 0.05) is 28.7 Å². The number of rotatable bonds is 8. The van der Waals surface area contributed by atoms with Gasteiger partial charge in [-0.25, -0.2) is 0 Å². The Morgan fingerprint density at radius 2 is 1.57 bits per heavy atom. The molecule has 0 aliphatic heterocycles. The number of benzene rings is 3. The molecule has 0 aliphatic carbocycles. The summed E-state index contributed by atoms with van der Waals surface area (Å²) in [5.41, 5.74) is 3.75. The molecule has 0 radical (unpaired) electrons. The molecule has 0 aliphatic rings. The van der Waals surface area contributed by atoms with Gasteiger partial charge in [0.15, 0.2) is 0 Å². The van der Waals surface area contributed by atoms with E-state index in [1.54, 1.807) is 12.1 Å². The van der Waals surface area contributed by atoms with Crippen molar-refractivity contribution in [3.63, 3.8) is 0 Å². The monoisotopic (exact) mass is 468 g/mol. The Balaban J connectivity index is 1.88. The number of hydrogen-bond donors (Lipinski definition) is 2. The van der Waals surface area contributed by atoms with E-state index < -0.39 is 11.0 Å². The predicted octanol–water partition coefficient (Wildman–Crippen LogP) is 6.76. The first kappa shape index (κ1) is 22.0. The number of nitro benzene ring substituents is 1. The molecule has 0 heterocycles. The number of non-ortho nitro benzene ring substituents is 1. The van der Waals surface area contributed by atoms with Crippen molar-refractivity contribution in [2.24, 2.45) is 0 Å². The van der Waals surface area contributed by atoms with Gasteiger partial charge < -0.3 is 10.4 Å². The molecule has 0 spiro atoms. The first-order valence-corrected chi connectivity index (χ1v) is 10.7. The van der Waals surface area contributed by atoms with E-state index in [9.17, 15) is 15.2 Å². The number of nitrogens with one attached hydrogen (secondary N) is 1. The maximum atomic E-state index is 11.1. The fourth-order valence-corrected chi connectivity index (χ4v) is 3.61. The Labute approximate surface area is 185 Å². The summed E-state index contributed by atoms with van der Waals surface area (Å²) in [5.74, 6) is 0.426. The fourth-order valence-electron chi connectivity index (χ4n) is 3.35. The van der Waals surface area contributed by atoms with Crippen LogP contribution in [0, 0.1) is 10.1 Å². The third-order valence-electron chi connectivity index (χ3n) is 5.12. The van der Waals surface area contributed by atoms with Gasteiger partial charge in [0.1, 0.15) is 0 Å². The molecule has 3 rings (SSSR count). The van der Waals surface area contributed by atoms with E-state index in [0.717, 1.165) is 15.6 Å². The summed E-state index contributed by atoms with van der Waals surface area (Å²) < 4.78 is 0.953. The fraction of sp³-hybridized carbons (Fsp3) is 0.250. The van der Waals surface area contributed by atoms with E-state index in [2.05, 4.69) is 59.4 Å². The molecule has 0 aromatic heterocycles. The van der Waals surface area contributed by atoms with Gasteiger partial charge in [-0.15, -0.1) is 0 Å². The van der Waals surface area contributed by atoms with Crippen molar-refractivity contribution in [2.75, 3.05) is 5.32 Å². The smallest absolute Gasteiger partial charge is 0.271 e. The standard InChI is InChI=1S/C24H25BrN2O3/c1-16(2)17-6-8-18(9-7-17)23(15-24(28)19-10-12-20(25)13-11-19)26-21-4-3-5-22(14-21)27(29)30/h3-14,16,23-24,26,28H,15H2,1-2H3. The number of nitro groups is 1. The number of hydrogen-bond acceptors (Lipinski definition) is 4. The van der Waals surface area contributed by atoms with Crippen LogP contribution >= 0.6 is 15.9 Å². The first-order valence-electron chi connectivity index (χ1n) is 9.88. The number of nitrogens with zero attached hydrogens (tertiary/aromatic N) is 1. The normalized spacial score (nSPS) is 13.1. The van der Waals surface area contributed by atoms with Gasteiger partial charge in [0.05, 0.1) is 17.1 Å². The molecular weight excluding hydrogens is 444 g/mol. The van der Waals surface area contributed by atoms with Gasteiger partial charge in [-0.3, -0.25) is 10.1 Å². The van der Waals surface area contributed by atoms with Crippen molar-refractivity contribution in [1.29, 1.82) is 0 Å². The van der Waals surface area contributed by atoms with Gasteiger partial charge in [-0.2, -0.15) is 0 Å². The van der Waals surface area contributed by atoms with E-state index in [0.29, 0.717) is 18.0 Å². The van der Waals surface area contributed by atoms with Crippen LogP contribution in [0.15, 0.2) is 77.3 Å². The highest BCUT2D eigenvalue weighted by atomic mass is 79.9. The molecule has 0 saturated heterocycles. The van der Waals surface area contributed by atoms with Crippen LogP contribution < -0.4 is 5.32 Å². The number of halogens is 1. The Morgan fingerprint density at radius 3 is 2.17 bits per heavy atom. The van der Waals surface area contributed by atoms with Gasteiger partial charge in [-0.05, 0) is 40.8 Å². The number of aliphatic hydroxyl groups excluding tert-OH is 1.